The molecule has 0 aliphatic carbocycles. The van der Waals surface area contributed by atoms with Gasteiger partial charge in [0, 0.05) is 29.9 Å². The van der Waals surface area contributed by atoms with Crippen LogP contribution in [-0.4, -0.2) is 12.3 Å². The highest BCUT2D eigenvalue weighted by Gasteiger charge is 2.06. The molecule has 0 unspecified atom stereocenters. The summed E-state index contributed by atoms with van der Waals surface area (Å²) in [6, 6.07) is 13.4. The van der Waals surface area contributed by atoms with E-state index in [0.717, 1.165) is 5.69 Å². The number of nitrogen functional groups attached to an aromatic ring is 1. The first-order chi connectivity index (χ1) is 9.56. The number of benzene rings is 2. The Morgan fingerprint density at radius 1 is 1.15 bits per heavy atom. The van der Waals surface area contributed by atoms with Crippen molar-refractivity contribution in [1.82, 2.24) is 0 Å². The minimum Gasteiger partial charge on any atom is -0.399 e. The Bertz CT molecular complexity index is 620. The molecule has 0 amide bonds. The Balaban J connectivity index is 1.93. The predicted molar refractivity (Wildman–Crippen MR) is 84.2 cm³/mol. The van der Waals surface area contributed by atoms with E-state index in [-0.39, 0.29) is 5.78 Å². The summed E-state index contributed by atoms with van der Waals surface area (Å²) < 4.78 is 0. The fourth-order valence-electron chi connectivity index (χ4n) is 2.09. The number of aryl methyl sites for hydroxylation is 2. The van der Waals surface area contributed by atoms with Gasteiger partial charge in [0.15, 0.2) is 5.78 Å². The van der Waals surface area contributed by atoms with Crippen molar-refractivity contribution in [2.75, 3.05) is 17.6 Å². The first kappa shape index (κ1) is 14.1. The first-order valence-corrected chi connectivity index (χ1v) is 6.76. The van der Waals surface area contributed by atoms with Crippen LogP contribution in [0.15, 0.2) is 42.5 Å². The predicted octanol–water partition coefficient (Wildman–Crippen LogP) is 3.57. The Labute approximate surface area is 119 Å². The van der Waals surface area contributed by atoms with E-state index in [9.17, 15) is 4.79 Å². The summed E-state index contributed by atoms with van der Waals surface area (Å²) in [7, 11) is 0. The molecular weight excluding hydrogens is 248 g/mol. The zero-order chi connectivity index (χ0) is 14.5. The number of rotatable bonds is 5. The number of carbonyl (C=O) groups excluding carboxylic acids is 1. The molecule has 104 valence electrons. The molecule has 0 fully saturated rings. The maximum absolute atomic E-state index is 12.0. The third kappa shape index (κ3) is 3.60. The Morgan fingerprint density at radius 2 is 1.95 bits per heavy atom. The Hall–Kier alpha value is -2.29. The lowest BCUT2D eigenvalue weighted by Gasteiger charge is -2.10. The van der Waals surface area contributed by atoms with Crippen LogP contribution in [0.3, 0.4) is 0 Å². The molecule has 3 N–H and O–H groups in total. The second-order valence-corrected chi connectivity index (χ2v) is 5.04. The van der Waals surface area contributed by atoms with Crippen LogP contribution in [0.4, 0.5) is 11.4 Å². The third-order valence-corrected chi connectivity index (χ3v) is 3.27. The average molecular weight is 268 g/mol. The van der Waals surface area contributed by atoms with E-state index in [4.69, 9.17) is 5.73 Å². The highest BCUT2D eigenvalue weighted by molar-refractivity contribution is 5.97. The number of anilines is 2. The molecule has 0 aromatic heterocycles. The molecule has 0 radical (unpaired) electrons. The number of Topliss-reactive ketones (excluding diaryl/α,β-unsaturated/α-hetero) is 1. The fraction of sp³-hybridized carbons (Fsp3) is 0.235. The van der Waals surface area contributed by atoms with E-state index >= 15 is 0 Å². The molecule has 0 bridgehead atoms. The normalized spacial score (nSPS) is 10.3. The zero-order valence-corrected chi connectivity index (χ0v) is 11.9. The number of nitrogens with one attached hydrogen (secondary N) is 1. The van der Waals surface area contributed by atoms with Crippen molar-refractivity contribution in [1.29, 1.82) is 0 Å². The van der Waals surface area contributed by atoms with Crippen molar-refractivity contribution < 1.29 is 4.79 Å². The molecular formula is C17H20N2O. The molecule has 0 aliphatic rings. The minimum absolute atomic E-state index is 0.107. The van der Waals surface area contributed by atoms with Gasteiger partial charge in [-0.2, -0.15) is 0 Å². The van der Waals surface area contributed by atoms with Crippen molar-refractivity contribution in [3.63, 3.8) is 0 Å². The summed E-state index contributed by atoms with van der Waals surface area (Å²) in [6.45, 7) is 4.74. The molecule has 0 spiro atoms. The first-order valence-electron chi connectivity index (χ1n) is 6.76. The summed E-state index contributed by atoms with van der Waals surface area (Å²) in [5, 5.41) is 3.32. The smallest absolute Gasteiger partial charge is 0.164 e. The molecule has 0 heterocycles. The highest BCUT2D eigenvalue weighted by atomic mass is 16.1. The van der Waals surface area contributed by atoms with E-state index in [1.165, 1.54) is 11.1 Å². The lowest BCUT2D eigenvalue weighted by atomic mass is 10.1. The summed E-state index contributed by atoms with van der Waals surface area (Å²) in [6.07, 6.45) is 0.455. The van der Waals surface area contributed by atoms with Gasteiger partial charge < -0.3 is 11.1 Å². The van der Waals surface area contributed by atoms with Gasteiger partial charge in [-0.3, -0.25) is 4.79 Å². The van der Waals surface area contributed by atoms with Crippen molar-refractivity contribution in [3.8, 4) is 0 Å². The molecule has 3 heteroatoms. The van der Waals surface area contributed by atoms with E-state index in [2.05, 4.69) is 37.4 Å². The molecule has 20 heavy (non-hydrogen) atoms. The molecule has 2 aromatic rings. The average Bonchev–Trinajstić information content (AvgIpc) is 2.42. The van der Waals surface area contributed by atoms with Crippen LogP contribution in [0.2, 0.25) is 0 Å². The lowest BCUT2D eigenvalue weighted by Crippen LogP contribution is -2.10. The second kappa shape index (κ2) is 6.24. The Morgan fingerprint density at radius 3 is 2.70 bits per heavy atom. The molecule has 2 rings (SSSR count). The topological polar surface area (TPSA) is 55.1 Å². The van der Waals surface area contributed by atoms with Gasteiger partial charge in [-0.05, 0) is 43.2 Å². The molecule has 0 saturated heterocycles. The molecule has 0 atom stereocenters. The van der Waals surface area contributed by atoms with Crippen LogP contribution in [0.1, 0.15) is 27.9 Å². The number of carbonyl (C=O) groups is 1. The van der Waals surface area contributed by atoms with Gasteiger partial charge in [-0.15, -0.1) is 0 Å². The maximum Gasteiger partial charge on any atom is 0.164 e. The van der Waals surface area contributed by atoms with E-state index in [0.29, 0.717) is 24.2 Å². The molecule has 0 aliphatic heterocycles. The van der Waals surface area contributed by atoms with Gasteiger partial charge in [-0.1, -0.05) is 24.3 Å². The lowest BCUT2D eigenvalue weighted by molar-refractivity contribution is 0.0986. The molecule has 2 aromatic carbocycles. The quantitative estimate of drug-likeness (QED) is 0.644. The minimum atomic E-state index is 0.107. The number of hydrogen-bond donors (Lipinski definition) is 2. The summed E-state index contributed by atoms with van der Waals surface area (Å²) in [5.74, 6) is 0.107. The largest absolute Gasteiger partial charge is 0.399 e. The Kier molecular flexibility index (Phi) is 4.41. The van der Waals surface area contributed by atoms with Crippen LogP contribution in [-0.2, 0) is 0 Å². The van der Waals surface area contributed by atoms with Crippen LogP contribution < -0.4 is 11.1 Å². The number of hydrogen-bond acceptors (Lipinski definition) is 3. The maximum atomic E-state index is 12.0. The van der Waals surface area contributed by atoms with Gasteiger partial charge in [0.05, 0.1) is 0 Å². The summed E-state index contributed by atoms with van der Waals surface area (Å²) >= 11 is 0. The fourth-order valence-corrected chi connectivity index (χ4v) is 2.09. The van der Waals surface area contributed by atoms with E-state index < -0.39 is 0 Å². The number of ketones is 1. The van der Waals surface area contributed by atoms with Crippen molar-refractivity contribution in [2.24, 2.45) is 0 Å². The molecule has 3 nitrogen and oxygen atoms in total. The number of nitrogens with two attached hydrogens (primary N) is 1. The van der Waals surface area contributed by atoms with Crippen molar-refractivity contribution in [2.45, 2.75) is 20.3 Å². The highest BCUT2D eigenvalue weighted by Crippen LogP contribution is 2.16. The third-order valence-electron chi connectivity index (χ3n) is 3.27. The van der Waals surface area contributed by atoms with Gasteiger partial charge in [0.1, 0.15) is 0 Å². The van der Waals surface area contributed by atoms with Gasteiger partial charge in [-0.25, -0.2) is 0 Å². The van der Waals surface area contributed by atoms with E-state index in [1.807, 2.05) is 0 Å². The van der Waals surface area contributed by atoms with Crippen LogP contribution in [0.25, 0.3) is 0 Å². The molecule has 0 saturated carbocycles. The van der Waals surface area contributed by atoms with E-state index in [1.54, 1.807) is 24.3 Å². The van der Waals surface area contributed by atoms with Gasteiger partial charge >= 0.3 is 0 Å². The monoisotopic (exact) mass is 268 g/mol. The van der Waals surface area contributed by atoms with Crippen molar-refractivity contribution in [3.05, 3.63) is 59.2 Å². The summed E-state index contributed by atoms with van der Waals surface area (Å²) in [5.41, 5.74) is 10.5. The van der Waals surface area contributed by atoms with Gasteiger partial charge in [0.25, 0.3) is 0 Å². The van der Waals surface area contributed by atoms with Gasteiger partial charge in [0.2, 0.25) is 0 Å². The summed E-state index contributed by atoms with van der Waals surface area (Å²) in [4.78, 5) is 12.0. The van der Waals surface area contributed by atoms with Crippen molar-refractivity contribution >= 4 is 17.2 Å². The standard InChI is InChI=1S/C17H20N2O/c1-12-6-7-13(2)16(10-12)19-9-8-17(20)14-4-3-5-15(18)11-14/h3-7,10-11,19H,8-9,18H2,1-2H3. The van der Waals surface area contributed by atoms with Crippen LogP contribution in [0.5, 0.6) is 0 Å². The van der Waals surface area contributed by atoms with Crippen LogP contribution in [0, 0.1) is 13.8 Å². The SMILES string of the molecule is Cc1ccc(C)c(NCCC(=O)c2cccc(N)c2)c1. The zero-order valence-electron chi connectivity index (χ0n) is 11.9. The second-order valence-electron chi connectivity index (χ2n) is 5.04. The van der Waals surface area contributed by atoms with Crippen LogP contribution >= 0.6 is 0 Å².